The SMILES string of the molecule is Cc1ccc(C(=O)C2C(c3sccc3C)C(C(=O)O)N(C(=O)C3CCCCC3)C2c2cccc([N+](=O)[O-])c2)o1. The molecule has 39 heavy (non-hydrogen) atoms. The standard InChI is InChI=1S/C29H30N2O7S/c1-16-13-14-39-27(16)23-22(26(32)21-12-11-17(2)38-21)24(19-9-6-10-20(15-19)31(36)37)30(25(23)29(34)35)28(33)18-7-4-3-5-8-18/h6,9-15,18,22-25H,3-5,7-8H2,1-2H3,(H,34,35). The molecule has 5 rings (SSSR count). The van der Waals surface area contributed by atoms with E-state index in [0.717, 1.165) is 24.8 Å². The van der Waals surface area contributed by atoms with Crippen molar-refractivity contribution in [3.63, 3.8) is 0 Å². The van der Waals surface area contributed by atoms with Crippen LogP contribution < -0.4 is 0 Å². The first kappa shape index (κ1) is 26.8. The Labute approximate surface area is 229 Å². The molecule has 4 atom stereocenters. The van der Waals surface area contributed by atoms with Crippen LogP contribution in [0.15, 0.2) is 52.3 Å². The van der Waals surface area contributed by atoms with E-state index in [-0.39, 0.29) is 23.3 Å². The second kappa shape index (κ2) is 10.8. The van der Waals surface area contributed by atoms with Crippen molar-refractivity contribution in [2.24, 2.45) is 11.8 Å². The average molecular weight is 551 g/mol. The number of nitro benzene ring substituents is 1. The van der Waals surface area contributed by atoms with Gasteiger partial charge in [-0.25, -0.2) is 4.79 Å². The summed E-state index contributed by atoms with van der Waals surface area (Å²) in [5.74, 6) is -3.61. The van der Waals surface area contributed by atoms with Crippen LogP contribution in [0.3, 0.4) is 0 Å². The summed E-state index contributed by atoms with van der Waals surface area (Å²) >= 11 is 1.35. The summed E-state index contributed by atoms with van der Waals surface area (Å²) in [6, 6.07) is 8.57. The molecular formula is C29H30N2O7S. The fraction of sp³-hybridized carbons (Fsp3) is 0.414. The molecule has 3 heterocycles. The number of non-ortho nitro benzene ring substituents is 1. The lowest BCUT2D eigenvalue weighted by Gasteiger charge is -2.34. The molecule has 4 unspecified atom stereocenters. The van der Waals surface area contributed by atoms with Gasteiger partial charge >= 0.3 is 5.97 Å². The molecule has 0 spiro atoms. The monoisotopic (exact) mass is 550 g/mol. The first-order valence-electron chi connectivity index (χ1n) is 13.1. The smallest absolute Gasteiger partial charge is 0.327 e. The van der Waals surface area contributed by atoms with Crippen molar-refractivity contribution < 1.29 is 28.8 Å². The molecule has 2 fully saturated rings. The first-order chi connectivity index (χ1) is 18.7. The maximum absolute atomic E-state index is 14.2. The maximum Gasteiger partial charge on any atom is 0.327 e. The first-order valence-corrected chi connectivity index (χ1v) is 14.0. The number of nitro groups is 1. The number of furan rings is 1. The van der Waals surface area contributed by atoms with E-state index < -0.39 is 40.6 Å². The number of benzene rings is 1. The molecule has 9 nitrogen and oxygen atoms in total. The van der Waals surface area contributed by atoms with E-state index in [1.165, 1.54) is 34.4 Å². The lowest BCUT2D eigenvalue weighted by atomic mass is 9.79. The highest BCUT2D eigenvalue weighted by Crippen LogP contribution is 2.54. The molecule has 1 aliphatic heterocycles. The molecule has 0 bridgehead atoms. The molecule has 1 saturated carbocycles. The number of likely N-dealkylation sites (tertiary alicyclic amines) is 1. The fourth-order valence-corrected chi connectivity index (χ4v) is 7.38. The van der Waals surface area contributed by atoms with Crippen LogP contribution in [0.5, 0.6) is 0 Å². The van der Waals surface area contributed by atoms with Crippen LogP contribution in [-0.4, -0.2) is 38.6 Å². The zero-order valence-electron chi connectivity index (χ0n) is 21.7. The predicted octanol–water partition coefficient (Wildman–Crippen LogP) is 6.07. The molecule has 2 aromatic heterocycles. The van der Waals surface area contributed by atoms with E-state index in [9.17, 15) is 29.6 Å². The normalized spacial score (nSPS) is 23.6. The molecule has 1 aromatic carbocycles. The minimum Gasteiger partial charge on any atom is -0.480 e. The van der Waals surface area contributed by atoms with Gasteiger partial charge in [-0.2, -0.15) is 0 Å². The molecule has 3 aromatic rings. The highest BCUT2D eigenvalue weighted by Gasteiger charge is 2.59. The molecule has 1 N–H and O–H groups in total. The molecule has 1 saturated heterocycles. The van der Waals surface area contributed by atoms with Gasteiger partial charge in [0, 0.05) is 28.8 Å². The maximum atomic E-state index is 14.2. The van der Waals surface area contributed by atoms with Crippen molar-refractivity contribution >= 4 is 34.7 Å². The number of aliphatic carboxylic acids is 1. The predicted molar refractivity (Wildman–Crippen MR) is 144 cm³/mol. The molecular weight excluding hydrogens is 520 g/mol. The van der Waals surface area contributed by atoms with Gasteiger partial charge in [-0.3, -0.25) is 19.7 Å². The number of carbonyl (C=O) groups is 3. The van der Waals surface area contributed by atoms with Crippen LogP contribution in [0, 0.1) is 35.8 Å². The van der Waals surface area contributed by atoms with Crippen molar-refractivity contribution in [2.75, 3.05) is 0 Å². The highest BCUT2D eigenvalue weighted by molar-refractivity contribution is 7.10. The van der Waals surface area contributed by atoms with E-state index in [0.29, 0.717) is 29.0 Å². The number of rotatable bonds is 7. The number of hydrogen-bond acceptors (Lipinski definition) is 7. The molecule has 2 aliphatic rings. The number of carboxylic acid groups (broad SMARTS) is 1. The van der Waals surface area contributed by atoms with Crippen molar-refractivity contribution in [2.45, 2.75) is 64.0 Å². The quantitative estimate of drug-likeness (QED) is 0.215. The van der Waals surface area contributed by atoms with Gasteiger partial charge in [0.2, 0.25) is 11.7 Å². The molecule has 204 valence electrons. The van der Waals surface area contributed by atoms with Gasteiger partial charge in [0.15, 0.2) is 5.76 Å². The third kappa shape index (κ3) is 4.89. The third-order valence-corrected chi connectivity index (χ3v) is 9.16. The number of hydrogen-bond donors (Lipinski definition) is 1. The van der Waals surface area contributed by atoms with Gasteiger partial charge in [0.1, 0.15) is 11.8 Å². The Balaban J connectivity index is 1.75. The largest absolute Gasteiger partial charge is 0.480 e. The van der Waals surface area contributed by atoms with Crippen LogP contribution in [0.4, 0.5) is 5.69 Å². The molecule has 1 amide bonds. The second-order valence-electron chi connectivity index (χ2n) is 10.5. The minimum absolute atomic E-state index is 0.0724. The number of carbonyl (C=O) groups excluding carboxylic acids is 2. The number of carboxylic acids is 1. The number of aryl methyl sites for hydroxylation is 2. The number of amides is 1. The summed E-state index contributed by atoms with van der Waals surface area (Å²) in [4.78, 5) is 54.7. The van der Waals surface area contributed by atoms with E-state index in [4.69, 9.17) is 4.42 Å². The van der Waals surface area contributed by atoms with Gasteiger partial charge < -0.3 is 14.4 Å². The molecule has 0 radical (unpaired) electrons. The van der Waals surface area contributed by atoms with Crippen LogP contribution in [0.2, 0.25) is 0 Å². The van der Waals surface area contributed by atoms with Crippen molar-refractivity contribution in [3.8, 4) is 0 Å². The van der Waals surface area contributed by atoms with Gasteiger partial charge in [0.05, 0.1) is 16.9 Å². The van der Waals surface area contributed by atoms with Crippen LogP contribution in [0.1, 0.15) is 76.4 Å². The zero-order valence-corrected chi connectivity index (χ0v) is 22.6. The summed E-state index contributed by atoms with van der Waals surface area (Å²) in [5, 5.41) is 24.2. The Morgan fingerprint density at radius 3 is 2.41 bits per heavy atom. The minimum atomic E-state index is -1.33. The Kier molecular flexibility index (Phi) is 7.40. The Morgan fingerprint density at radius 1 is 1.08 bits per heavy atom. The topological polar surface area (TPSA) is 131 Å². The summed E-state index contributed by atoms with van der Waals surface area (Å²) in [6.07, 6.45) is 4.02. The highest BCUT2D eigenvalue weighted by atomic mass is 32.1. The number of Topliss-reactive ketones (excluding diaryl/α,β-unsaturated/α-hetero) is 1. The second-order valence-corrected chi connectivity index (χ2v) is 11.4. The Bertz CT molecular complexity index is 1420. The van der Waals surface area contributed by atoms with Crippen molar-refractivity contribution in [1.29, 1.82) is 0 Å². The van der Waals surface area contributed by atoms with Crippen LogP contribution in [0.25, 0.3) is 0 Å². The molecule has 10 heteroatoms. The Morgan fingerprint density at radius 2 is 1.82 bits per heavy atom. The third-order valence-electron chi connectivity index (χ3n) is 8.04. The van der Waals surface area contributed by atoms with Gasteiger partial charge in [-0.05, 0) is 61.4 Å². The van der Waals surface area contributed by atoms with E-state index in [1.54, 1.807) is 25.1 Å². The van der Waals surface area contributed by atoms with Crippen molar-refractivity contribution in [3.05, 3.63) is 85.5 Å². The van der Waals surface area contributed by atoms with Crippen LogP contribution >= 0.6 is 11.3 Å². The fourth-order valence-electron chi connectivity index (χ4n) is 6.28. The van der Waals surface area contributed by atoms with E-state index in [1.807, 2.05) is 18.4 Å². The summed E-state index contributed by atoms with van der Waals surface area (Å²) in [6.45, 7) is 3.57. The van der Waals surface area contributed by atoms with Gasteiger partial charge in [0.25, 0.3) is 5.69 Å². The summed E-state index contributed by atoms with van der Waals surface area (Å²) in [7, 11) is 0. The van der Waals surface area contributed by atoms with Gasteiger partial charge in [-0.1, -0.05) is 31.4 Å². The number of ketones is 1. The van der Waals surface area contributed by atoms with Crippen LogP contribution in [-0.2, 0) is 9.59 Å². The number of thiophene rings is 1. The Hall–Kier alpha value is -3.79. The van der Waals surface area contributed by atoms with E-state index >= 15 is 0 Å². The molecule has 1 aliphatic carbocycles. The van der Waals surface area contributed by atoms with E-state index in [2.05, 4.69) is 0 Å². The zero-order chi connectivity index (χ0) is 27.8. The number of nitrogens with zero attached hydrogens (tertiary/aromatic N) is 2. The summed E-state index contributed by atoms with van der Waals surface area (Å²) in [5.41, 5.74) is 0.993. The lowest BCUT2D eigenvalue weighted by molar-refractivity contribution is -0.385. The van der Waals surface area contributed by atoms with Crippen molar-refractivity contribution in [1.82, 2.24) is 4.90 Å². The lowest BCUT2D eigenvalue weighted by Crippen LogP contribution is -2.46. The van der Waals surface area contributed by atoms with Gasteiger partial charge in [-0.15, -0.1) is 11.3 Å². The average Bonchev–Trinajstić information content (AvgIpc) is 3.64. The summed E-state index contributed by atoms with van der Waals surface area (Å²) < 4.78 is 5.70.